The molecule has 278 valence electrons. The molecule has 0 aromatic heterocycles. The highest BCUT2D eigenvalue weighted by atomic mass is 16.4. The van der Waals surface area contributed by atoms with Gasteiger partial charge in [0, 0.05) is 0 Å². The van der Waals surface area contributed by atoms with Gasteiger partial charge in [-0.2, -0.15) is 0 Å². The molecule has 0 radical (unpaired) electrons. The van der Waals surface area contributed by atoms with Crippen LogP contribution in [-0.2, 0) is 4.79 Å². The van der Waals surface area contributed by atoms with Gasteiger partial charge in [-0.1, -0.05) is 155 Å². The fourth-order valence-electron chi connectivity index (χ4n) is 8.68. The van der Waals surface area contributed by atoms with Gasteiger partial charge in [-0.15, -0.1) is 0 Å². The minimum Gasteiger partial charge on any atom is -0.481 e. The van der Waals surface area contributed by atoms with Crippen LogP contribution in [-0.4, -0.2) is 55.9 Å². The number of carbonyl (C=O) groups is 1. The molecular weight excluding hydrogens is 588 g/mol. The van der Waals surface area contributed by atoms with E-state index in [-0.39, 0.29) is 12.0 Å². The summed E-state index contributed by atoms with van der Waals surface area (Å²) in [7, 11) is 0. The normalized spacial score (nSPS) is 22.5. The Morgan fingerprint density at radius 2 is 0.979 bits per heavy atom. The second-order valence-corrected chi connectivity index (χ2v) is 16.2. The number of unbranched alkanes of at least 4 members (excludes halogenated alkanes) is 10. The smallest absolute Gasteiger partial charge is 0.306 e. The van der Waals surface area contributed by atoms with Crippen molar-refractivity contribution in [1.29, 1.82) is 0 Å². The molecular formula is C41H78O6. The number of carboxylic acid groups (broad SMARTS) is 1. The third kappa shape index (κ3) is 21.9. The summed E-state index contributed by atoms with van der Waals surface area (Å²) in [4.78, 5) is 11.8. The topological polar surface area (TPSA) is 118 Å². The molecule has 0 bridgehead atoms. The Hall–Kier alpha value is -0.690. The van der Waals surface area contributed by atoms with Gasteiger partial charge >= 0.3 is 5.97 Å². The molecule has 0 heterocycles. The van der Waals surface area contributed by atoms with Crippen LogP contribution in [0, 0.1) is 23.7 Å². The first-order valence-corrected chi connectivity index (χ1v) is 20.7. The van der Waals surface area contributed by atoms with Crippen molar-refractivity contribution in [3.05, 3.63) is 0 Å². The lowest BCUT2D eigenvalue weighted by Crippen LogP contribution is -2.26. The standard InChI is InChI=1S/C41H78O6/c1-2-3-4-5-6-7-8-9-13-21-36(41(46)47)22-15-14-18-33-25-27-35(28-26-33)30-39(44)32-40(45)31-38(43)24-17-16-23-37(42)29-34-19-11-10-12-20-34/h33-40,42-45H,2-32H2,1H3,(H,46,47)/t33?,35?,36-,37-,38-,39-,40+/m1/s1. The lowest BCUT2D eigenvalue weighted by molar-refractivity contribution is -0.142. The molecule has 6 nitrogen and oxygen atoms in total. The van der Waals surface area contributed by atoms with Gasteiger partial charge < -0.3 is 25.5 Å². The molecule has 0 saturated heterocycles. The lowest BCUT2D eigenvalue weighted by Gasteiger charge is -2.30. The van der Waals surface area contributed by atoms with Gasteiger partial charge in [-0.3, -0.25) is 4.79 Å². The van der Waals surface area contributed by atoms with Crippen molar-refractivity contribution in [3.8, 4) is 0 Å². The number of hydrogen-bond acceptors (Lipinski definition) is 5. The van der Waals surface area contributed by atoms with Crippen LogP contribution in [0.1, 0.15) is 206 Å². The summed E-state index contributed by atoms with van der Waals surface area (Å²) in [6.07, 6.45) is 31.1. The molecule has 2 aliphatic carbocycles. The maximum absolute atomic E-state index is 11.8. The van der Waals surface area contributed by atoms with E-state index in [2.05, 4.69) is 6.92 Å². The summed E-state index contributed by atoms with van der Waals surface area (Å²) in [5, 5.41) is 51.6. The van der Waals surface area contributed by atoms with Crippen LogP contribution in [0.4, 0.5) is 0 Å². The average Bonchev–Trinajstić information content (AvgIpc) is 3.04. The van der Waals surface area contributed by atoms with Gasteiger partial charge in [0.1, 0.15) is 0 Å². The lowest BCUT2D eigenvalue weighted by atomic mass is 9.77. The van der Waals surface area contributed by atoms with Gasteiger partial charge in [-0.25, -0.2) is 0 Å². The van der Waals surface area contributed by atoms with Crippen LogP contribution in [0.2, 0.25) is 0 Å². The molecule has 2 rings (SSSR count). The Balaban J connectivity index is 1.46. The largest absolute Gasteiger partial charge is 0.481 e. The number of hydrogen-bond donors (Lipinski definition) is 5. The van der Waals surface area contributed by atoms with E-state index in [1.807, 2.05) is 0 Å². The van der Waals surface area contributed by atoms with Crippen LogP contribution in [0.5, 0.6) is 0 Å². The molecule has 2 saturated carbocycles. The third-order valence-electron chi connectivity index (χ3n) is 11.7. The first-order valence-electron chi connectivity index (χ1n) is 20.7. The Kier molecular flexibility index (Phi) is 24.5. The molecule has 5 atom stereocenters. The van der Waals surface area contributed by atoms with E-state index in [1.165, 1.54) is 103 Å². The molecule has 6 heteroatoms. The molecule has 0 amide bonds. The summed E-state index contributed by atoms with van der Waals surface area (Å²) < 4.78 is 0. The zero-order valence-electron chi connectivity index (χ0n) is 30.7. The molecule has 0 aromatic carbocycles. The van der Waals surface area contributed by atoms with Gasteiger partial charge in [0.2, 0.25) is 0 Å². The minimum absolute atomic E-state index is 0.178. The minimum atomic E-state index is -0.678. The van der Waals surface area contributed by atoms with E-state index in [1.54, 1.807) is 0 Å². The molecule has 0 aromatic rings. The fraction of sp³-hybridized carbons (Fsp3) is 0.976. The summed E-state index contributed by atoms with van der Waals surface area (Å²) >= 11 is 0. The summed E-state index contributed by atoms with van der Waals surface area (Å²) in [5.74, 6) is 1.13. The summed E-state index contributed by atoms with van der Waals surface area (Å²) in [5.41, 5.74) is 0. The Labute approximate surface area is 289 Å². The first kappa shape index (κ1) is 42.5. The van der Waals surface area contributed by atoms with E-state index in [9.17, 15) is 30.3 Å². The Bertz CT molecular complexity index is 731. The molecule has 2 fully saturated rings. The van der Waals surface area contributed by atoms with Crippen LogP contribution in [0.25, 0.3) is 0 Å². The predicted molar refractivity (Wildman–Crippen MR) is 194 cm³/mol. The van der Waals surface area contributed by atoms with Crippen molar-refractivity contribution in [2.75, 3.05) is 0 Å². The summed E-state index contributed by atoms with van der Waals surface area (Å²) in [6, 6.07) is 0. The van der Waals surface area contributed by atoms with Gasteiger partial charge in [0.05, 0.1) is 30.3 Å². The number of aliphatic hydroxyl groups excluding tert-OH is 4. The Morgan fingerprint density at radius 1 is 0.511 bits per heavy atom. The van der Waals surface area contributed by atoms with Crippen molar-refractivity contribution >= 4 is 5.97 Å². The van der Waals surface area contributed by atoms with Crippen molar-refractivity contribution in [1.82, 2.24) is 0 Å². The first-order chi connectivity index (χ1) is 22.8. The van der Waals surface area contributed by atoms with Crippen LogP contribution >= 0.6 is 0 Å². The van der Waals surface area contributed by atoms with E-state index >= 15 is 0 Å². The highest BCUT2D eigenvalue weighted by molar-refractivity contribution is 5.69. The van der Waals surface area contributed by atoms with E-state index in [0.717, 1.165) is 83.0 Å². The predicted octanol–water partition coefficient (Wildman–Crippen LogP) is 10.1. The summed E-state index contributed by atoms with van der Waals surface area (Å²) in [6.45, 7) is 2.25. The van der Waals surface area contributed by atoms with Crippen molar-refractivity contribution < 1.29 is 30.3 Å². The number of aliphatic carboxylic acids is 1. The monoisotopic (exact) mass is 667 g/mol. The van der Waals surface area contributed by atoms with Crippen LogP contribution in [0.3, 0.4) is 0 Å². The quantitative estimate of drug-likeness (QED) is 0.0507. The molecule has 0 aliphatic heterocycles. The van der Waals surface area contributed by atoms with E-state index in [0.29, 0.717) is 31.1 Å². The van der Waals surface area contributed by atoms with E-state index in [4.69, 9.17) is 0 Å². The molecule has 0 spiro atoms. The second-order valence-electron chi connectivity index (χ2n) is 16.2. The Morgan fingerprint density at radius 3 is 1.60 bits per heavy atom. The van der Waals surface area contributed by atoms with Crippen molar-refractivity contribution in [2.24, 2.45) is 23.7 Å². The zero-order valence-corrected chi connectivity index (χ0v) is 30.7. The molecule has 5 N–H and O–H groups in total. The van der Waals surface area contributed by atoms with E-state index < -0.39 is 24.3 Å². The maximum Gasteiger partial charge on any atom is 0.306 e. The van der Waals surface area contributed by atoms with Crippen molar-refractivity contribution in [3.63, 3.8) is 0 Å². The molecule has 2 aliphatic rings. The van der Waals surface area contributed by atoms with Gasteiger partial charge in [-0.05, 0) is 69.1 Å². The van der Waals surface area contributed by atoms with Gasteiger partial charge in [0.15, 0.2) is 0 Å². The highest BCUT2D eigenvalue weighted by Gasteiger charge is 2.25. The number of carboxylic acids is 1. The number of aliphatic hydroxyl groups is 4. The molecule has 0 unspecified atom stereocenters. The fourth-order valence-corrected chi connectivity index (χ4v) is 8.68. The van der Waals surface area contributed by atoms with Gasteiger partial charge in [0.25, 0.3) is 0 Å². The average molecular weight is 667 g/mol. The number of rotatable bonds is 29. The highest BCUT2D eigenvalue weighted by Crippen LogP contribution is 2.35. The zero-order chi connectivity index (χ0) is 34.1. The van der Waals surface area contributed by atoms with Crippen LogP contribution < -0.4 is 0 Å². The van der Waals surface area contributed by atoms with Crippen LogP contribution in [0.15, 0.2) is 0 Å². The second kappa shape index (κ2) is 27.1. The SMILES string of the molecule is CCCCCCCCCCC[C@H](CCCCC1CCC(C[C@@H](O)C[C@@H](O)C[C@H](O)CCCC[C@@H](O)CC2CCCCC2)CC1)C(=O)O. The maximum atomic E-state index is 11.8. The van der Waals surface area contributed by atoms with Crippen molar-refractivity contribution in [2.45, 2.75) is 230 Å². The molecule has 47 heavy (non-hydrogen) atoms. The third-order valence-corrected chi connectivity index (χ3v) is 11.7.